The number of anilines is 3. The molecule has 3 aromatic rings. The Bertz CT molecular complexity index is 1280. The zero-order valence-corrected chi connectivity index (χ0v) is 21.4. The minimum absolute atomic E-state index is 0.0438. The number of fused-ring (bicyclic) bond motifs is 1. The van der Waals surface area contributed by atoms with E-state index in [4.69, 9.17) is 4.74 Å². The normalized spacial score (nSPS) is 16.6. The van der Waals surface area contributed by atoms with Crippen molar-refractivity contribution in [2.24, 2.45) is 5.92 Å². The highest BCUT2D eigenvalue weighted by molar-refractivity contribution is 5.73. The molecular formula is C28H32F3N5O. The van der Waals surface area contributed by atoms with Gasteiger partial charge in [0, 0.05) is 17.8 Å². The van der Waals surface area contributed by atoms with E-state index in [1.807, 2.05) is 4.90 Å². The molecule has 0 amide bonds. The first-order chi connectivity index (χ1) is 17.8. The Kier molecular flexibility index (Phi) is 7.24. The Balaban J connectivity index is 1.41. The SMILES string of the molecule is CC(C)CN1CCOc2c(F)cc(-c3nc(Nc4ccc(C5CCN(C)CC5)c(F)c4)ncc3F)cc21. The molecule has 0 unspecified atom stereocenters. The fraction of sp³-hybridized carbons (Fsp3) is 0.429. The van der Waals surface area contributed by atoms with Crippen LogP contribution in [0.25, 0.3) is 11.3 Å². The molecule has 0 aliphatic carbocycles. The summed E-state index contributed by atoms with van der Waals surface area (Å²) >= 11 is 0. The van der Waals surface area contributed by atoms with Crippen molar-refractivity contribution >= 4 is 17.3 Å². The molecule has 1 fully saturated rings. The summed E-state index contributed by atoms with van der Waals surface area (Å²) in [6.07, 6.45) is 2.87. The van der Waals surface area contributed by atoms with Gasteiger partial charge < -0.3 is 19.9 Å². The third-order valence-corrected chi connectivity index (χ3v) is 6.99. The number of nitrogens with one attached hydrogen (secondary N) is 1. The van der Waals surface area contributed by atoms with Gasteiger partial charge in [-0.2, -0.15) is 0 Å². The maximum absolute atomic E-state index is 15.0. The molecule has 0 atom stereocenters. The van der Waals surface area contributed by atoms with E-state index >= 15 is 0 Å². The molecule has 2 aromatic carbocycles. The number of ether oxygens (including phenoxy) is 1. The summed E-state index contributed by atoms with van der Waals surface area (Å²) in [5, 5.41) is 2.97. The first-order valence-electron chi connectivity index (χ1n) is 12.8. The lowest BCUT2D eigenvalue weighted by atomic mass is 9.89. The van der Waals surface area contributed by atoms with Crippen molar-refractivity contribution in [3.8, 4) is 17.0 Å². The Hall–Kier alpha value is -3.33. The molecule has 0 spiro atoms. The van der Waals surface area contributed by atoms with Crippen LogP contribution in [0.3, 0.4) is 0 Å². The van der Waals surface area contributed by atoms with Crippen LogP contribution in [0.15, 0.2) is 36.5 Å². The molecule has 1 N–H and O–H groups in total. The van der Waals surface area contributed by atoms with Gasteiger partial charge in [-0.25, -0.2) is 23.1 Å². The highest BCUT2D eigenvalue weighted by Gasteiger charge is 2.25. The predicted octanol–water partition coefficient (Wildman–Crippen LogP) is 5.97. The first-order valence-corrected chi connectivity index (χ1v) is 12.8. The quantitative estimate of drug-likeness (QED) is 0.440. The molecule has 9 heteroatoms. The summed E-state index contributed by atoms with van der Waals surface area (Å²) in [7, 11) is 2.07. The molecule has 0 radical (unpaired) electrons. The average molecular weight is 512 g/mol. The first kappa shape index (κ1) is 25.3. The van der Waals surface area contributed by atoms with Crippen LogP contribution in [0.4, 0.5) is 30.5 Å². The summed E-state index contributed by atoms with van der Waals surface area (Å²) in [4.78, 5) is 12.6. The number of piperidine rings is 1. The molecule has 196 valence electrons. The number of likely N-dealkylation sites (tertiary alicyclic amines) is 1. The molecule has 0 saturated carbocycles. The predicted molar refractivity (Wildman–Crippen MR) is 139 cm³/mol. The molecule has 2 aliphatic rings. The summed E-state index contributed by atoms with van der Waals surface area (Å²) < 4.78 is 50.3. The zero-order chi connectivity index (χ0) is 26.1. The number of aromatic nitrogens is 2. The van der Waals surface area contributed by atoms with E-state index in [2.05, 4.69) is 41.1 Å². The van der Waals surface area contributed by atoms with Gasteiger partial charge in [-0.05, 0) is 74.6 Å². The van der Waals surface area contributed by atoms with Gasteiger partial charge in [0.2, 0.25) is 5.95 Å². The molecule has 3 heterocycles. The highest BCUT2D eigenvalue weighted by Crippen LogP contribution is 2.39. The van der Waals surface area contributed by atoms with Crippen LogP contribution in [0.5, 0.6) is 5.75 Å². The van der Waals surface area contributed by atoms with E-state index in [1.165, 1.54) is 12.1 Å². The summed E-state index contributed by atoms with van der Waals surface area (Å²) in [5.74, 6) is -0.725. The van der Waals surface area contributed by atoms with Crippen LogP contribution < -0.4 is 15.0 Å². The van der Waals surface area contributed by atoms with Crippen LogP contribution in [0, 0.1) is 23.4 Å². The molecule has 5 rings (SSSR count). The van der Waals surface area contributed by atoms with Crippen LogP contribution in [0.2, 0.25) is 0 Å². The van der Waals surface area contributed by atoms with Gasteiger partial charge in [0.1, 0.15) is 18.1 Å². The Morgan fingerprint density at radius 3 is 2.54 bits per heavy atom. The second kappa shape index (κ2) is 10.6. The van der Waals surface area contributed by atoms with Gasteiger partial charge in [0.05, 0.1) is 18.4 Å². The largest absolute Gasteiger partial charge is 0.486 e. The lowest BCUT2D eigenvalue weighted by Crippen LogP contribution is -2.35. The second-order valence-corrected chi connectivity index (χ2v) is 10.3. The third kappa shape index (κ3) is 5.51. The third-order valence-electron chi connectivity index (χ3n) is 6.99. The Morgan fingerprint density at radius 1 is 1.03 bits per heavy atom. The number of benzene rings is 2. The van der Waals surface area contributed by atoms with Crippen molar-refractivity contribution in [3.05, 3.63) is 59.5 Å². The van der Waals surface area contributed by atoms with Gasteiger partial charge in [0.15, 0.2) is 17.4 Å². The maximum Gasteiger partial charge on any atom is 0.227 e. The van der Waals surface area contributed by atoms with Crippen molar-refractivity contribution in [1.29, 1.82) is 0 Å². The number of halogens is 3. The number of hydrogen-bond acceptors (Lipinski definition) is 6. The van der Waals surface area contributed by atoms with Gasteiger partial charge in [-0.3, -0.25) is 0 Å². The lowest BCUT2D eigenvalue weighted by molar-refractivity contribution is 0.253. The van der Waals surface area contributed by atoms with Crippen molar-refractivity contribution in [2.45, 2.75) is 32.6 Å². The lowest BCUT2D eigenvalue weighted by Gasteiger charge is -2.33. The summed E-state index contributed by atoms with van der Waals surface area (Å²) in [6.45, 7) is 7.78. The molecule has 1 saturated heterocycles. The van der Waals surface area contributed by atoms with Crippen molar-refractivity contribution < 1.29 is 17.9 Å². The summed E-state index contributed by atoms with van der Waals surface area (Å²) in [6, 6.07) is 7.91. The van der Waals surface area contributed by atoms with Crippen LogP contribution in [-0.2, 0) is 0 Å². The minimum Gasteiger partial charge on any atom is -0.486 e. The van der Waals surface area contributed by atoms with Crippen LogP contribution in [-0.4, -0.2) is 54.7 Å². The van der Waals surface area contributed by atoms with Gasteiger partial charge >= 0.3 is 0 Å². The van der Waals surface area contributed by atoms with E-state index in [0.29, 0.717) is 36.0 Å². The molecule has 2 aliphatic heterocycles. The van der Waals surface area contributed by atoms with Gasteiger partial charge in [-0.1, -0.05) is 19.9 Å². The van der Waals surface area contributed by atoms with Gasteiger partial charge in [-0.15, -0.1) is 0 Å². The van der Waals surface area contributed by atoms with Crippen molar-refractivity contribution in [2.75, 3.05) is 50.1 Å². The molecule has 0 bridgehead atoms. The van der Waals surface area contributed by atoms with Crippen molar-refractivity contribution in [3.63, 3.8) is 0 Å². The van der Waals surface area contributed by atoms with Crippen LogP contribution >= 0.6 is 0 Å². The topological polar surface area (TPSA) is 53.5 Å². The van der Waals surface area contributed by atoms with E-state index in [1.54, 1.807) is 18.2 Å². The number of hydrogen-bond donors (Lipinski definition) is 1. The van der Waals surface area contributed by atoms with Gasteiger partial charge in [0.25, 0.3) is 0 Å². The molecule has 6 nitrogen and oxygen atoms in total. The second-order valence-electron chi connectivity index (χ2n) is 10.3. The highest BCUT2D eigenvalue weighted by atomic mass is 19.1. The Labute approximate surface area is 215 Å². The minimum atomic E-state index is -0.680. The average Bonchev–Trinajstić information content (AvgIpc) is 2.86. The smallest absolute Gasteiger partial charge is 0.227 e. The van der Waals surface area contributed by atoms with Crippen molar-refractivity contribution in [1.82, 2.24) is 14.9 Å². The fourth-order valence-corrected chi connectivity index (χ4v) is 5.12. The maximum atomic E-state index is 15.0. The number of rotatable bonds is 6. The summed E-state index contributed by atoms with van der Waals surface area (Å²) in [5.41, 5.74) is 1.98. The standard InChI is InChI=1S/C28H32F3N5O/c1-17(2)16-36-10-11-37-27-23(30)12-19(13-25(27)36)26-24(31)15-32-28(34-26)33-20-4-5-21(22(29)14-20)18-6-8-35(3)9-7-18/h4-5,12-15,17-18H,6-11,16H2,1-3H3,(H,32,33,34). The van der Waals surface area contributed by atoms with E-state index in [9.17, 15) is 13.2 Å². The van der Waals surface area contributed by atoms with E-state index < -0.39 is 11.6 Å². The Morgan fingerprint density at radius 2 is 1.81 bits per heavy atom. The molecule has 1 aromatic heterocycles. The molecular weight excluding hydrogens is 479 g/mol. The monoisotopic (exact) mass is 511 g/mol. The fourth-order valence-electron chi connectivity index (χ4n) is 5.12. The van der Waals surface area contributed by atoms with E-state index in [0.717, 1.165) is 38.7 Å². The number of nitrogens with zero attached hydrogens (tertiary/aromatic N) is 4. The van der Waals surface area contributed by atoms with E-state index in [-0.39, 0.29) is 34.7 Å². The zero-order valence-electron chi connectivity index (χ0n) is 21.4. The molecule has 37 heavy (non-hydrogen) atoms. The van der Waals surface area contributed by atoms with Crippen LogP contribution in [0.1, 0.15) is 38.2 Å².